The zero-order chi connectivity index (χ0) is 27.3. The average Bonchev–Trinajstić information content (AvgIpc) is 2.91. The number of amides is 3. The van der Waals surface area contributed by atoms with Crippen LogP contribution < -0.4 is 25.5 Å². The number of ether oxygens (including phenoxy) is 2. The summed E-state index contributed by atoms with van der Waals surface area (Å²) in [5.74, 6) is -1.01. The van der Waals surface area contributed by atoms with Gasteiger partial charge < -0.3 is 20.1 Å². The largest absolute Gasteiger partial charge is 0.494 e. The highest BCUT2D eigenvalue weighted by Gasteiger charge is 2.13. The number of hydrogen-bond acceptors (Lipinski definition) is 6. The molecule has 0 bridgehead atoms. The highest BCUT2D eigenvalue weighted by atomic mass is 35.5. The molecule has 0 fully saturated rings. The van der Waals surface area contributed by atoms with E-state index in [1.54, 1.807) is 60.7 Å². The predicted molar refractivity (Wildman–Crippen MR) is 148 cm³/mol. The van der Waals surface area contributed by atoms with E-state index >= 15 is 0 Å². The van der Waals surface area contributed by atoms with Crippen molar-refractivity contribution in [3.05, 3.63) is 82.9 Å². The SMILES string of the molecule is CCCCOc1ccc(NC(=O)C(=O)N/N=C\c2cccc(OCC(=O)Nc3cc(Cl)ccc3C)c2)cc1. The number of halogens is 1. The highest BCUT2D eigenvalue weighted by molar-refractivity contribution is 6.39. The smallest absolute Gasteiger partial charge is 0.329 e. The minimum atomic E-state index is -0.926. The minimum Gasteiger partial charge on any atom is -0.494 e. The normalized spacial score (nSPS) is 10.6. The molecule has 0 aliphatic heterocycles. The van der Waals surface area contributed by atoms with Crippen LogP contribution in [0.4, 0.5) is 11.4 Å². The van der Waals surface area contributed by atoms with E-state index in [0.29, 0.717) is 40.1 Å². The number of hydrazone groups is 1. The summed E-state index contributed by atoms with van der Waals surface area (Å²) >= 11 is 5.98. The van der Waals surface area contributed by atoms with Gasteiger partial charge in [0, 0.05) is 16.4 Å². The van der Waals surface area contributed by atoms with Crippen LogP contribution in [-0.2, 0) is 14.4 Å². The summed E-state index contributed by atoms with van der Waals surface area (Å²) in [5.41, 5.74) is 4.72. The Morgan fingerprint density at radius 3 is 2.47 bits per heavy atom. The van der Waals surface area contributed by atoms with E-state index in [2.05, 4.69) is 28.1 Å². The van der Waals surface area contributed by atoms with Gasteiger partial charge in [0.15, 0.2) is 6.61 Å². The first-order valence-corrected chi connectivity index (χ1v) is 12.4. The van der Waals surface area contributed by atoms with Gasteiger partial charge in [-0.25, -0.2) is 5.43 Å². The molecule has 198 valence electrons. The molecule has 10 heteroatoms. The summed E-state index contributed by atoms with van der Waals surface area (Å²) in [7, 11) is 0. The number of nitrogens with one attached hydrogen (secondary N) is 3. The lowest BCUT2D eigenvalue weighted by atomic mass is 10.2. The minimum absolute atomic E-state index is 0.213. The third kappa shape index (κ3) is 9.25. The number of carbonyl (C=O) groups excluding carboxylic acids is 3. The second-order valence-electron chi connectivity index (χ2n) is 8.25. The fourth-order valence-electron chi connectivity index (χ4n) is 3.12. The summed E-state index contributed by atoms with van der Waals surface area (Å²) in [4.78, 5) is 36.5. The van der Waals surface area contributed by atoms with E-state index in [4.69, 9.17) is 21.1 Å². The number of rotatable bonds is 11. The molecule has 0 unspecified atom stereocenters. The number of carbonyl (C=O) groups is 3. The molecule has 0 saturated heterocycles. The lowest BCUT2D eigenvalue weighted by Gasteiger charge is -2.10. The van der Waals surface area contributed by atoms with Gasteiger partial charge in [-0.05, 0) is 73.0 Å². The zero-order valence-corrected chi connectivity index (χ0v) is 21.9. The Balaban J connectivity index is 1.45. The third-order valence-electron chi connectivity index (χ3n) is 5.17. The van der Waals surface area contributed by atoms with Crippen LogP contribution in [0.1, 0.15) is 30.9 Å². The molecule has 3 amide bonds. The van der Waals surface area contributed by atoms with Crippen LogP contribution in [0.15, 0.2) is 71.8 Å². The molecule has 3 rings (SSSR count). The molecule has 0 spiro atoms. The van der Waals surface area contributed by atoms with E-state index in [9.17, 15) is 14.4 Å². The van der Waals surface area contributed by atoms with Crippen LogP contribution in [0.3, 0.4) is 0 Å². The van der Waals surface area contributed by atoms with Gasteiger partial charge in [-0.15, -0.1) is 0 Å². The van der Waals surface area contributed by atoms with Gasteiger partial charge in [0.05, 0.1) is 12.8 Å². The maximum Gasteiger partial charge on any atom is 0.329 e. The molecular weight excluding hydrogens is 508 g/mol. The Kier molecular flexibility index (Phi) is 10.7. The Labute approximate surface area is 226 Å². The second-order valence-corrected chi connectivity index (χ2v) is 8.68. The molecule has 0 atom stereocenters. The standard InChI is InChI=1S/C28H29ClN4O5/c1-3-4-14-37-23-12-10-22(11-13-23)31-27(35)28(36)33-30-17-20-6-5-7-24(15-20)38-18-26(34)32-25-16-21(29)9-8-19(25)2/h5-13,15-17H,3-4,14,18H2,1-2H3,(H,31,35)(H,32,34)(H,33,36)/b30-17-. The topological polar surface area (TPSA) is 118 Å². The number of hydrogen-bond donors (Lipinski definition) is 3. The van der Waals surface area contributed by atoms with Crippen LogP contribution in [0, 0.1) is 6.92 Å². The first-order chi connectivity index (χ1) is 18.3. The summed E-state index contributed by atoms with van der Waals surface area (Å²) < 4.78 is 11.1. The van der Waals surface area contributed by atoms with Gasteiger partial charge in [-0.3, -0.25) is 14.4 Å². The summed E-state index contributed by atoms with van der Waals surface area (Å²) in [6.07, 6.45) is 3.35. The van der Waals surface area contributed by atoms with Crippen LogP contribution in [0.2, 0.25) is 5.02 Å². The van der Waals surface area contributed by atoms with E-state index < -0.39 is 11.8 Å². The van der Waals surface area contributed by atoms with E-state index in [1.165, 1.54) is 6.21 Å². The van der Waals surface area contributed by atoms with Crippen molar-refractivity contribution >= 4 is 46.9 Å². The van der Waals surface area contributed by atoms with Gasteiger partial charge in [-0.1, -0.05) is 43.1 Å². The van der Waals surface area contributed by atoms with Crippen molar-refractivity contribution in [1.82, 2.24) is 5.43 Å². The first kappa shape index (κ1) is 28.2. The molecule has 0 aromatic heterocycles. The molecule has 0 radical (unpaired) electrons. The first-order valence-electron chi connectivity index (χ1n) is 12.0. The van der Waals surface area contributed by atoms with Gasteiger partial charge in [0.2, 0.25) is 0 Å². The fourth-order valence-corrected chi connectivity index (χ4v) is 3.29. The van der Waals surface area contributed by atoms with Crippen molar-refractivity contribution in [2.24, 2.45) is 5.10 Å². The third-order valence-corrected chi connectivity index (χ3v) is 5.40. The molecule has 0 aliphatic carbocycles. The Morgan fingerprint density at radius 2 is 1.71 bits per heavy atom. The van der Waals surface area contributed by atoms with Crippen LogP contribution in [0.25, 0.3) is 0 Å². The molecule has 0 aliphatic rings. The van der Waals surface area contributed by atoms with Crippen molar-refractivity contribution in [2.75, 3.05) is 23.8 Å². The van der Waals surface area contributed by atoms with Crippen LogP contribution >= 0.6 is 11.6 Å². The van der Waals surface area contributed by atoms with Gasteiger partial charge in [0.1, 0.15) is 11.5 Å². The van der Waals surface area contributed by atoms with Crippen LogP contribution in [-0.4, -0.2) is 37.1 Å². The lowest BCUT2D eigenvalue weighted by molar-refractivity contribution is -0.136. The van der Waals surface area contributed by atoms with Crippen molar-refractivity contribution < 1.29 is 23.9 Å². The zero-order valence-electron chi connectivity index (χ0n) is 21.1. The summed E-state index contributed by atoms with van der Waals surface area (Å²) in [6.45, 7) is 4.35. The maximum absolute atomic E-state index is 12.2. The van der Waals surface area contributed by atoms with Crippen LogP contribution in [0.5, 0.6) is 11.5 Å². The summed E-state index contributed by atoms with van der Waals surface area (Å²) in [6, 6.07) is 18.7. The van der Waals surface area contributed by atoms with Crippen molar-refractivity contribution in [3.8, 4) is 11.5 Å². The van der Waals surface area contributed by atoms with E-state index in [1.807, 2.05) is 13.0 Å². The number of aryl methyl sites for hydroxylation is 1. The van der Waals surface area contributed by atoms with Crippen molar-refractivity contribution in [2.45, 2.75) is 26.7 Å². The van der Waals surface area contributed by atoms with E-state index in [-0.39, 0.29) is 12.5 Å². The lowest BCUT2D eigenvalue weighted by Crippen LogP contribution is -2.32. The second kappa shape index (κ2) is 14.4. The Morgan fingerprint density at radius 1 is 0.921 bits per heavy atom. The molecule has 38 heavy (non-hydrogen) atoms. The molecule has 3 N–H and O–H groups in total. The Hall–Kier alpha value is -4.37. The average molecular weight is 537 g/mol. The predicted octanol–water partition coefficient (Wildman–Crippen LogP) is 4.93. The molecule has 0 saturated carbocycles. The molecule has 3 aromatic rings. The fraction of sp³-hybridized carbons (Fsp3) is 0.214. The number of anilines is 2. The Bertz CT molecular complexity index is 1290. The highest BCUT2D eigenvalue weighted by Crippen LogP contribution is 2.20. The van der Waals surface area contributed by atoms with E-state index in [0.717, 1.165) is 18.4 Å². The quantitative estimate of drug-likeness (QED) is 0.139. The molecule has 9 nitrogen and oxygen atoms in total. The maximum atomic E-state index is 12.2. The number of unbranched alkanes of at least 4 members (excludes halogenated alkanes) is 1. The van der Waals surface area contributed by atoms with Gasteiger partial charge in [0.25, 0.3) is 5.91 Å². The molecule has 0 heterocycles. The monoisotopic (exact) mass is 536 g/mol. The van der Waals surface area contributed by atoms with Crippen molar-refractivity contribution in [1.29, 1.82) is 0 Å². The number of nitrogens with zero attached hydrogens (tertiary/aromatic N) is 1. The summed E-state index contributed by atoms with van der Waals surface area (Å²) in [5, 5.41) is 9.59. The molecule has 3 aromatic carbocycles. The molecular formula is C28H29ClN4O5. The van der Waals surface area contributed by atoms with Crippen molar-refractivity contribution in [3.63, 3.8) is 0 Å². The van der Waals surface area contributed by atoms with Gasteiger partial charge in [-0.2, -0.15) is 5.10 Å². The van der Waals surface area contributed by atoms with Gasteiger partial charge >= 0.3 is 11.8 Å². The number of benzene rings is 3.